The number of hydrogen-bond donors (Lipinski definition) is 1. The van der Waals surface area contributed by atoms with E-state index in [-0.39, 0.29) is 24.8 Å². The standard InChI is InChI=1S/C13H21N7.2ClH/c1-9-15-11-10(17-13(18(2)3)19(11)4)12(16-9)20-7-5-14-6-8-20;;/h14H,5-8H2,1-4H3;2*1H. The van der Waals surface area contributed by atoms with Gasteiger partial charge in [-0.05, 0) is 6.92 Å². The second-order valence-electron chi connectivity index (χ2n) is 5.37. The third-order valence-electron chi connectivity index (χ3n) is 3.61. The fourth-order valence-electron chi connectivity index (χ4n) is 2.64. The van der Waals surface area contributed by atoms with Crippen LogP contribution in [0.15, 0.2) is 0 Å². The number of fused-ring (bicyclic) bond motifs is 1. The maximum absolute atomic E-state index is 4.73. The highest BCUT2D eigenvalue weighted by Crippen LogP contribution is 2.26. The van der Waals surface area contributed by atoms with Crippen molar-refractivity contribution in [1.29, 1.82) is 0 Å². The minimum Gasteiger partial charge on any atom is -0.352 e. The van der Waals surface area contributed by atoms with E-state index in [1.54, 1.807) is 0 Å². The molecule has 0 radical (unpaired) electrons. The number of rotatable bonds is 2. The molecule has 124 valence electrons. The van der Waals surface area contributed by atoms with Gasteiger partial charge in [-0.25, -0.2) is 15.0 Å². The van der Waals surface area contributed by atoms with Gasteiger partial charge in [-0.1, -0.05) is 0 Å². The molecule has 0 atom stereocenters. The van der Waals surface area contributed by atoms with E-state index < -0.39 is 0 Å². The van der Waals surface area contributed by atoms with E-state index >= 15 is 0 Å². The Kier molecular flexibility index (Phi) is 6.22. The molecule has 1 aliphatic heterocycles. The van der Waals surface area contributed by atoms with Gasteiger partial charge < -0.3 is 15.1 Å². The summed E-state index contributed by atoms with van der Waals surface area (Å²) in [6.45, 7) is 5.82. The summed E-state index contributed by atoms with van der Waals surface area (Å²) in [4.78, 5) is 18.2. The second kappa shape index (κ2) is 7.30. The Morgan fingerprint density at radius 2 is 1.68 bits per heavy atom. The van der Waals surface area contributed by atoms with Crippen molar-refractivity contribution in [3.8, 4) is 0 Å². The molecule has 0 spiro atoms. The summed E-state index contributed by atoms with van der Waals surface area (Å²) in [7, 11) is 5.98. The zero-order chi connectivity index (χ0) is 14.3. The summed E-state index contributed by atoms with van der Waals surface area (Å²) < 4.78 is 2.02. The van der Waals surface area contributed by atoms with Crippen LogP contribution in [0.5, 0.6) is 0 Å². The third kappa shape index (κ3) is 3.21. The van der Waals surface area contributed by atoms with E-state index in [1.807, 2.05) is 37.5 Å². The number of imidazole rings is 1. The molecular weight excluding hydrogens is 325 g/mol. The van der Waals surface area contributed by atoms with Crippen molar-refractivity contribution in [1.82, 2.24) is 24.8 Å². The summed E-state index contributed by atoms with van der Waals surface area (Å²) in [5.74, 6) is 2.65. The van der Waals surface area contributed by atoms with Crippen LogP contribution in [-0.2, 0) is 7.05 Å². The number of anilines is 2. The summed E-state index contributed by atoms with van der Waals surface area (Å²) in [5, 5.41) is 3.36. The first-order chi connectivity index (χ1) is 9.58. The van der Waals surface area contributed by atoms with Crippen LogP contribution in [0.1, 0.15) is 5.82 Å². The lowest BCUT2D eigenvalue weighted by Gasteiger charge is -2.28. The molecule has 0 saturated carbocycles. The Balaban J connectivity index is 0.00000121. The molecule has 7 nitrogen and oxygen atoms in total. The third-order valence-corrected chi connectivity index (χ3v) is 3.61. The minimum absolute atomic E-state index is 0. The van der Waals surface area contributed by atoms with Gasteiger partial charge in [-0.2, -0.15) is 0 Å². The SMILES string of the molecule is Cc1nc(N2CCNCC2)c2nc(N(C)C)n(C)c2n1.Cl.Cl. The normalized spacial score (nSPS) is 14.5. The van der Waals surface area contributed by atoms with E-state index in [2.05, 4.69) is 20.2 Å². The summed E-state index contributed by atoms with van der Waals surface area (Å²) in [6, 6.07) is 0. The first-order valence-corrected chi connectivity index (χ1v) is 6.92. The Morgan fingerprint density at radius 1 is 1.05 bits per heavy atom. The molecule has 1 aliphatic rings. The van der Waals surface area contributed by atoms with E-state index in [1.165, 1.54) is 0 Å². The number of piperazine rings is 1. The maximum atomic E-state index is 4.73. The molecule has 9 heteroatoms. The highest BCUT2D eigenvalue weighted by Gasteiger charge is 2.21. The molecule has 1 N–H and O–H groups in total. The highest BCUT2D eigenvalue weighted by molar-refractivity contribution is 5.86. The molecule has 0 unspecified atom stereocenters. The smallest absolute Gasteiger partial charge is 0.207 e. The Morgan fingerprint density at radius 3 is 2.27 bits per heavy atom. The van der Waals surface area contributed by atoms with Crippen LogP contribution in [0.2, 0.25) is 0 Å². The maximum Gasteiger partial charge on any atom is 0.207 e. The van der Waals surface area contributed by atoms with Crippen molar-refractivity contribution in [3.63, 3.8) is 0 Å². The van der Waals surface area contributed by atoms with Gasteiger partial charge in [0.05, 0.1) is 0 Å². The Bertz CT molecular complexity index is 635. The largest absolute Gasteiger partial charge is 0.352 e. The van der Waals surface area contributed by atoms with Crippen LogP contribution < -0.4 is 15.1 Å². The predicted molar refractivity (Wildman–Crippen MR) is 94.9 cm³/mol. The van der Waals surface area contributed by atoms with Crippen molar-refractivity contribution in [2.75, 3.05) is 50.1 Å². The fraction of sp³-hybridized carbons (Fsp3) is 0.615. The van der Waals surface area contributed by atoms with Gasteiger partial charge in [-0.15, -0.1) is 24.8 Å². The first kappa shape index (κ1) is 18.7. The number of halogens is 2. The van der Waals surface area contributed by atoms with Crippen LogP contribution in [-0.4, -0.2) is 59.8 Å². The van der Waals surface area contributed by atoms with Gasteiger partial charge >= 0.3 is 0 Å². The second-order valence-corrected chi connectivity index (χ2v) is 5.37. The number of nitrogens with zero attached hydrogens (tertiary/aromatic N) is 6. The number of hydrogen-bond acceptors (Lipinski definition) is 6. The molecule has 22 heavy (non-hydrogen) atoms. The zero-order valence-electron chi connectivity index (χ0n) is 13.3. The van der Waals surface area contributed by atoms with E-state index in [0.717, 1.165) is 54.9 Å². The van der Waals surface area contributed by atoms with Crippen LogP contribution >= 0.6 is 24.8 Å². The predicted octanol–water partition coefficient (Wildman–Crippen LogP) is 0.991. The average molecular weight is 348 g/mol. The molecule has 3 heterocycles. The Hall–Kier alpha value is -1.31. The lowest BCUT2D eigenvalue weighted by molar-refractivity contribution is 0.585. The van der Waals surface area contributed by atoms with Gasteiger partial charge in [0.1, 0.15) is 5.82 Å². The molecule has 2 aromatic heterocycles. The van der Waals surface area contributed by atoms with Crippen LogP contribution in [0.4, 0.5) is 11.8 Å². The van der Waals surface area contributed by atoms with Gasteiger partial charge in [0, 0.05) is 47.3 Å². The summed E-state index contributed by atoms with van der Waals surface area (Å²) >= 11 is 0. The Labute approximate surface area is 142 Å². The molecule has 0 aliphatic carbocycles. The van der Waals surface area contributed by atoms with Gasteiger partial charge in [0.2, 0.25) is 5.95 Å². The zero-order valence-corrected chi connectivity index (χ0v) is 15.0. The van der Waals surface area contributed by atoms with Crippen molar-refractivity contribution >= 4 is 47.7 Å². The van der Waals surface area contributed by atoms with Crippen LogP contribution in [0.25, 0.3) is 11.2 Å². The molecule has 2 aromatic rings. The van der Waals surface area contributed by atoms with Crippen molar-refractivity contribution in [2.24, 2.45) is 7.05 Å². The lowest BCUT2D eigenvalue weighted by Crippen LogP contribution is -2.44. The fourth-order valence-corrected chi connectivity index (χ4v) is 2.64. The van der Waals surface area contributed by atoms with Gasteiger partial charge in [0.25, 0.3) is 0 Å². The minimum atomic E-state index is 0. The van der Waals surface area contributed by atoms with Crippen LogP contribution in [0, 0.1) is 6.92 Å². The molecule has 1 fully saturated rings. The topological polar surface area (TPSA) is 62.1 Å². The highest BCUT2D eigenvalue weighted by atomic mass is 35.5. The average Bonchev–Trinajstić information content (AvgIpc) is 2.77. The van der Waals surface area contributed by atoms with Gasteiger partial charge in [0.15, 0.2) is 17.0 Å². The van der Waals surface area contributed by atoms with Crippen molar-refractivity contribution in [2.45, 2.75) is 6.92 Å². The summed E-state index contributed by atoms with van der Waals surface area (Å²) in [6.07, 6.45) is 0. The first-order valence-electron chi connectivity index (χ1n) is 6.92. The van der Waals surface area contributed by atoms with Crippen molar-refractivity contribution < 1.29 is 0 Å². The molecule has 1 saturated heterocycles. The van der Waals surface area contributed by atoms with E-state index in [0.29, 0.717) is 0 Å². The number of nitrogens with one attached hydrogen (secondary N) is 1. The number of aromatic nitrogens is 4. The molecule has 3 rings (SSSR count). The molecule has 0 aromatic carbocycles. The van der Waals surface area contributed by atoms with E-state index in [9.17, 15) is 0 Å². The molecular formula is C13H23Cl2N7. The molecule has 0 bridgehead atoms. The quantitative estimate of drug-likeness (QED) is 0.874. The molecule has 0 amide bonds. The van der Waals surface area contributed by atoms with E-state index in [4.69, 9.17) is 4.98 Å². The monoisotopic (exact) mass is 347 g/mol. The van der Waals surface area contributed by atoms with Crippen molar-refractivity contribution in [3.05, 3.63) is 5.82 Å². The van der Waals surface area contributed by atoms with Crippen LogP contribution in [0.3, 0.4) is 0 Å². The lowest BCUT2D eigenvalue weighted by atomic mass is 10.3. The van der Waals surface area contributed by atoms with Gasteiger partial charge in [-0.3, -0.25) is 4.57 Å². The summed E-state index contributed by atoms with van der Waals surface area (Å²) in [5.41, 5.74) is 1.79. The number of aryl methyl sites for hydroxylation is 2.